The summed E-state index contributed by atoms with van der Waals surface area (Å²) in [6.07, 6.45) is 0.155. The highest BCUT2D eigenvalue weighted by Gasteiger charge is 2.23. The van der Waals surface area contributed by atoms with Gasteiger partial charge in [0.2, 0.25) is 0 Å². The molecule has 0 atom stereocenters. The molecule has 0 aliphatic rings. The third-order valence-corrected chi connectivity index (χ3v) is 4.30. The average Bonchev–Trinajstić information content (AvgIpc) is 2.96. The molecule has 0 radical (unpaired) electrons. The maximum absolute atomic E-state index is 12.6. The summed E-state index contributed by atoms with van der Waals surface area (Å²) in [5.74, 6) is -0.531. The molecule has 0 unspecified atom stereocenters. The zero-order valence-corrected chi connectivity index (χ0v) is 14.7. The second-order valence-corrected chi connectivity index (χ2v) is 6.76. The molecule has 0 aromatic carbocycles. The Hall–Kier alpha value is -1.47. The normalized spacial score (nSPS) is 11.3. The second kappa shape index (κ2) is 8.24. The van der Waals surface area contributed by atoms with E-state index in [1.165, 1.54) is 18.4 Å². The van der Waals surface area contributed by atoms with E-state index < -0.39 is 0 Å². The van der Waals surface area contributed by atoms with Crippen LogP contribution in [0.2, 0.25) is 0 Å². The second-order valence-electron chi connectivity index (χ2n) is 5.90. The van der Waals surface area contributed by atoms with Crippen molar-refractivity contribution in [3.8, 4) is 0 Å². The van der Waals surface area contributed by atoms with Crippen LogP contribution in [0, 0.1) is 0 Å². The molecule has 7 heteroatoms. The van der Waals surface area contributed by atoms with Crippen molar-refractivity contribution in [2.24, 2.45) is 0 Å². The van der Waals surface area contributed by atoms with Crippen molar-refractivity contribution in [2.75, 3.05) is 33.9 Å². The number of carbonyl (C=O) groups excluding carboxylic acids is 2. The molecule has 1 amide bonds. The Bertz CT molecular complexity index is 508. The van der Waals surface area contributed by atoms with Crippen LogP contribution in [0.15, 0.2) is 5.38 Å². The number of ether oxygens (including phenoxy) is 2. The molecule has 0 aliphatic carbocycles. The Kier molecular flexibility index (Phi) is 6.96. The van der Waals surface area contributed by atoms with Gasteiger partial charge in [-0.05, 0) is 0 Å². The van der Waals surface area contributed by atoms with Crippen LogP contribution in [0.1, 0.15) is 42.7 Å². The first-order valence-corrected chi connectivity index (χ1v) is 7.98. The van der Waals surface area contributed by atoms with Crippen LogP contribution in [0.25, 0.3) is 0 Å². The van der Waals surface area contributed by atoms with Crippen LogP contribution in [0.4, 0.5) is 0 Å². The van der Waals surface area contributed by atoms with Gasteiger partial charge >= 0.3 is 5.97 Å². The van der Waals surface area contributed by atoms with Crippen LogP contribution in [-0.2, 0) is 19.7 Å². The number of hydrogen-bond acceptors (Lipinski definition) is 6. The van der Waals surface area contributed by atoms with E-state index in [-0.39, 0.29) is 30.3 Å². The van der Waals surface area contributed by atoms with E-state index in [2.05, 4.69) is 30.5 Å². The number of methoxy groups -OCH3 is 2. The largest absolute Gasteiger partial charge is 0.469 e. The Morgan fingerprint density at radius 1 is 1.27 bits per heavy atom. The third kappa shape index (κ3) is 5.38. The van der Waals surface area contributed by atoms with Gasteiger partial charge in [-0.1, -0.05) is 20.8 Å². The molecule has 1 heterocycles. The first-order chi connectivity index (χ1) is 10.3. The van der Waals surface area contributed by atoms with Gasteiger partial charge in [0.15, 0.2) is 0 Å². The van der Waals surface area contributed by atoms with E-state index in [9.17, 15) is 9.59 Å². The average molecular weight is 328 g/mol. The molecule has 6 nitrogen and oxygen atoms in total. The van der Waals surface area contributed by atoms with Gasteiger partial charge in [0, 0.05) is 31.0 Å². The first kappa shape index (κ1) is 18.6. The summed E-state index contributed by atoms with van der Waals surface area (Å²) < 4.78 is 9.64. The quantitative estimate of drug-likeness (QED) is 0.717. The number of amides is 1. The Morgan fingerprint density at radius 3 is 2.45 bits per heavy atom. The summed E-state index contributed by atoms with van der Waals surface area (Å²) in [7, 11) is 2.91. The minimum atomic E-state index is -0.344. The van der Waals surface area contributed by atoms with E-state index >= 15 is 0 Å². The minimum Gasteiger partial charge on any atom is -0.469 e. The Balaban J connectivity index is 2.81. The topological polar surface area (TPSA) is 68.7 Å². The highest BCUT2D eigenvalue weighted by Crippen LogP contribution is 2.26. The molecule has 0 bridgehead atoms. The van der Waals surface area contributed by atoms with E-state index in [1.54, 1.807) is 17.4 Å². The standard InChI is InChI=1S/C15H24N2O4S/c1-15(2,3)14-16-11(10-22-14)13(19)17(8-9-20-4)7-6-12(18)21-5/h10H,6-9H2,1-5H3. The third-order valence-electron chi connectivity index (χ3n) is 3.03. The lowest BCUT2D eigenvalue weighted by Crippen LogP contribution is -2.36. The summed E-state index contributed by atoms with van der Waals surface area (Å²) in [6.45, 7) is 7.27. The number of carbonyl (C=O) groups is 2. The fourth-order valence-electron chi connectivity index (χ4n) is 1.72. The molecule has 22 heavy (non-hydrogen) atoms. The van der Waals surface area contributed by atoms with E-state index in [1.807, 2.05) is 0 Å². The van der Waals surface area contributed by atoms with Gasteiger partial charge < -0.3 is 14.4 Å². The van der Waals surface area contributed by atoms with Gasteiger partial charge in [-0.3, -0.25) is 9.59 Å². The van der Waals surface area contributed by atoms with E-state index in [4.69, 9.17) is 4.74 Å². The van der Waals surface area contributed by atoms with Crippen LogP contribution in [-0.4, -0.2) is 55.7 Å². The Labute approximate surface area is 135 Å². The van der Waals surface area contributed by atoms with Gasteiger partial charge in [-0.2, -0.15) is 0 Å². The van der Waals surface area contributed by atoms with Crippen molar-refractivity contribution in [1.82, 2.24) is 9.88 Å². The number of aromatic nitrogens is 1. The highest BCUT2D eigenvalue weighted by molar-refractivity contribution is 7.10. The zero-order chi connectivity index (χ0) is 16.8. The van der Waals surface area contributed by atoms with Gasteiger partial charge in [0.1, 0.15) is 5.69 Å². The lowest BCUT2D eigenvalue weighted by atomic mass is 9.98. The molecule has 0 aliphatic heterocycles. The van der Waals surface area contributed by atoms with Crippen molar-refractivity contribution in [3.05, 3.63) is 16.1 Å². The lowest BCUT2D eigenvalue weighted by Gasteiger charge is -2.21. The molecule has 1 rings (SSSR count). The first-order valence-electron chi connectivity index (χ1n) is 7.10. The molecule has 124 valence electrons. The van der Waals surface area contributed by atoms with Gasteiger partial charge in [-0.25, -0.2) is 4.98 Å². The van der Waals surface area contributed by atoms with Crippen LogP contribution < -0.4 is 0 Å². The van der Waals surface area contributed by atoms with Crippen molar-refractivity contribution in [2.45, 2.75) is 32.6 Å². The van der Waals surface area contributed by atoms with Crippen LogP contribution >= 0.6 is 11.3 Å². The number of thiazole rings is 1. The fourth-order valence-corrected chi connectivity index (χ4v) is 2.60. The molecular weight excluding hydrogens is 304 g/mol. The maximum atomic E-state index is 12.6. The summed E-state index contributed by atoms with van der Waals surface area (Å²) in [5.41, 5.74) is 0.322. The van der Waals surface area contributed by atoms with Crippen molar-refractivity contribution >= 4 is 23.2 Å². The van der Waals surface area contributed by atoms with E-state index in [0.29, 0.717) is 18.8 Å². The summed E-state index contributed by atoms with van der Waals surface area (Å²) in [6, 6.07) is 0. The SMILES string of the molecule is COCCN(CCC(=O)OC)C(=O)c1csc(C(C)(C)C)n1. The van der Waals surface area contributed by atoms with Crippen LogP contribution in [0.3, 0.4) is 0 Å². The minimum absolute atomic E-state index is 0.0907. The summed E-state index contributed by atoms with van der Waals surface area (Å²) >= 11 is 1.47. The number of hydrogen-bond donors (Lipinski definition) is 0. The maximum Gasteiger partial charge on any atom is 0.307 e. The molecule has 1 aromatic heterocycles. The summed E-state index contributed by atoms with van der Waals surface area (Å²) in [5, 5.41) is 2.68. The smallest absolute Gasteiger partial charge is 0.307 e. The molecule has 0 N–H and O–H groups in total. The molecule has 0 spiro atoms. The fraction of sp³-hybridized carbons (Fsp3) is 0.667. The van der Waals surface area contributed by atoms with Gasteiger partial charge in [-0.15, -0.1) is 11.3 Å². The molecule has 0 fully saturated rings. The van der Waals surface area contributed by atoms with E-state index in [0.717, 1.165) is 5.01 Å². The van der Waals surface area contributed by atoms with Crippen molar-refractivity contribution < 1.29 is 19.1 Å². The highest BCUT2D eigenvalue weighted by atomic mass is 32.1. The predicted octanol–water partition coefficient (Wildman–Crippen LogP) is 2.09. The van der Waals surface area contributed by atoms with Gasteiger partial charge in [0.05, 0.1) is 25.1 Å². The zero-order valence-electron chi connectivity index (χ0n) is 13.8. The molecule has 1 aromatic rings. The summed E-state index contributed by atoms with van der Waals surface area (Å²) in [4.78, 5) is 29.8. The molecular formula is C15H24N2O4S. The number of nitrogens with zero attached hydrogens (tertiary/aromatic N) is 2. The number of esters is 1. The van der Waals surface area contributed by atoms with Crippen LogP contribution in [0.5, 0.6) is 0 Å². The van der Waals surface area contributed by atoms with Crippen molar-refractivity contribution in [1.29, 1.82) is 0 Å². The van der Waals surface area contributed by atoms with Crippen molar-refractivity contribution in [3.63, 3.8) is 0 Å². The van der Waals surface area contributed by atoms with Gasteiger partial charge in [0.25, 0.3) is 5.91 Å². The molecule has 0 saturated carbocycles. The Morgan fingerprint density at radius 2 is 1.95 bits per heavy atom. The number of rotatable bonds is 7. The lowest BCUT2D eigenvalue weighted by molar-refractivity contribution is -0.140. The predicted molar refractivity (Wildman–Crippen MR) is 85.2 cm³/mol. The molecule has 0 saturated heterocycles. The monoisotopic (exact) mass is 328 g/mol.